The van der Waals surface area contributed by atoms with E-state index in [0.717, 1.165) is 19.0 Å². The quantitative estimate of drug-likeness (QED) is 0.648. The van der Waals surface area contributed by atoms with Gasteiger partial charge in [0, 0.05) is 19.6 Å². The van der Waals surface area contributed by atoms with E-state index in [9.17, 15) is 4.79 Å². The number of rotatable bonds is 3. The van der Waals surface area contributed by atoms with Gasteiger partial charge in [0.2, 0.25) is 5.91 Å². The van der Waals surface area contributed by atoms with E-state index < -0.39 is 0 Å². The number of nitrogens with two attached hydrogens (primary N) is 1. The van der Waals surface area contributed by atoms with Crippen molar-refractivity contribution in [2.75, 3.05) is 26.2 Å². The van der Waals surface area contributed by atoms with Gasteiger partial charge < -0.3 is 10.5 Å². The molecule has 1 heterocycles. The number of hydrogen-bond donors (Lipinski definition) is 1. The van der Waals surface area contributed by atoms with Crippen LogP contribution in [0.2, 0.25) is 0 Å². The van der Waals surface area contributed by atoms with Crippen molar-refractivity contribution in [2.45, 2.75) is 18.9 Å². The summed E-state index contributed by atoms with van der Waals surface area (Å²) in [5.74, 6) is 0.534. The van der Waals surface area contributed by atoms with E-state index in [-0.39, 0.29) is 12.0 Å². The maximum absolute atomic E-state index is 10.9. The maximum atomic E-state index is 10.9. The zero-order chi connectivity index (χ0) is 9.26. The minimum Gasteiger partial charge on any atom is -0.367 e. The zero-order valence-electron chi connectivity index (χ0n) is 7.74. The van der Waals surface area contributed by atoms with E-state index in [1.54, 1.807) is 0 Å². The normalized spacial score (nSPS) is 30.3. The Kier molecular flexibility index (Phi) is 2.51. The van der Waals surface area contributed by atoms with Crippen LogP contribution in [0.25, 0.3) is 0 Å². The molecule has 74 valence electrons. The van der Waals surface area contributed by atoms with Crippen LogP contribution in [0.4, 0.5) is 0 Å². The van der Waals surface area contributed by atoms with E-state index in [1.807, 2.05) is 0 Å². The van der Waals surface area contributed by atoms with Crippen molar-refractivity contribution in [1.82, 2.24) is 4.90 Å². The van der Waals surface area contributed by atoms with Gasteiger partial charge in [0.15, 0.2) is 0 Å². The van der Waals surface area contributed by atoms with Crippen molar-refractivity contribution in [3.8, 4) is 0 Å². The number of primary amides is 1. The zero-order valence-corrected chi connectivity index (χ0v) is 7.74. The summed E-state index contributed by atoms with van der Waals surface area (Å²) in [6, 6.07) is 0. The first kappa shape index (κ1) is 8.97. The van der Waals surface area contributed by atoms with Crippen molar-refractivity contribution in [3.63, 3.8) is 0 Å². The van der Waals surface area contributed by atoms with Crippen LogP contribution in [0.15, 0.2) is 0 Å². The fourth-order valence-corrected chi connectivity index (χ4v) is 1.71. The number of carbonyl (C=O) groups excluding carboxylic acids is 1. The summed E-state index contributed by atoms with van der Waals surface area (Å²) in [5.41, 5.74) is 5.19. The summed E-state index contributed by atoms with van der Waals surface area (Å²) in [4.78, 5) is 13.2. The first-order valence-corrected chi connectivity index (χ1v) is 4.89. The lowest BCUT2D eigenvalue weighted by Gasteiger charge is -2.31. The average molecular weight is 184 g/mol. The lowest BCUT2D eigenvalue weighted by molar-refractivity contribution is -0.135. The molecular weight excluding hydrogens is 168 g/mol. The second-order valence-corrected chi connectivity index (χ2v) is 3.96. The predicted molar refractivity (Wildman–Crippen MR) is 48.1 cm³/mol. The van der Waals surface area contributed by atoms with Gasteiger partial charge in [0.1, 0.15) is 6.10 Å². The molecule has 4 heteroatoms. The van der Waals surface area contributed by atoms with Gasteiger partial charge in [-0.1, -0.05) is 0 Å². The van der Waals surface area contributed by atoms with Crippen molar-refractivity contribution in [3.05, 3.63) is 0 Å². The molecule has 2 N–H and O–H groups in total. The molecule has 2 fully saturated rings. The first-order valence-electron chi connectivity index (χ1n) is 4.89. The van der Waals surface area contributed by atoms with Gasteiger partial charge in [-0.15, -0.1) is 0 Å². The van der Waals surface area contributed by atoms with E-state index in [1.165, 1.54) is 12.8 Å². The SMILES string of the molecule is NC(=O)C1CN(CC2CC2)CCO1. The molecule has 1 atom stereocenters. The Hall–Kier alpha value is -0.610. The Morgan fingerprint density at radius 3 is 2.92 bits per heavy atom. The molecule has 0 aromatic carbocycles. The fraction of sp³-hybridized carbons (Fsp3) is 0.889. The van der Waals surface area contributed by atoms with Crippen LogP contribution in [0, 0.1) is 5.92 Å². The maximum Gasteiger partial charge on any atom is 0.247 e. The molecule has 13 heavy (non-hydrogen) atoms. The van der Waals surface area contributed by atoms with Gasteiger partial charge in [0.05, 0.1) is 6.61 Å². The molecule has 1 aliphatic heterocycles. The van der Waals surface area contributed by atoms with Crippen molar-refractivity contribution >= 4 is 5.91 Å². The molecule has 0 aromatic rings. The molecule has 4 nitrogen and oxygen atoms in total. The van der Waals surface area contributed by atoms with Crippen molar-refractivity contribution < 1.29 is 9.53 Å². The fourth-order valence-electron chi connectivity index (χ4n) is 1.71. The summed E-state index contributed by atoms with van der Waals surface area (Å²) < 4.78 is 5.26. The lowest BCUT2D eigenvalue weighted by Crippen LogP contribution is -2.48. The molecule has 0 aromatic heterocycles. The van der Waals surface area contributed by atoms with E-state index in [2.05, 4.69) is 4.90 Å². The van der Waals surface area contributed by atoms with Gasteiger partial charge in [-0.2, -0.15) is 0 Å². The van der Waals surface area contributed by atoms with E-state index >= 15 is 0 Å². The molecule has 1 saturated heterocycles. The third-order valence-corrected chi connectivity index (χ3v) is 2.68. The Morgan fingerprint density at radius 1 is 1.54 bits per heavy atom. The molecule has 2 aliphatic rings. The number of nitrogens with zero attached hydrogens (tertiary/aromatic N) is 1. The number of amides is 1. The third kappa shape index (κ3) is 2.42. The number of ether oxygens (including phenoxy) is 1. The minimum atomic E-state index is -0.382. The molecule has 1 aliphatic carbocycles. The topological polar surface area (TPSA) is 55.6 Å². The van der Waals surface area contributed by atoms with Crippen LogP contribution in [0.1, 0.15) is 12.8 Å². The molecular formula is C9H16N2O2. The standard InChI is InChI=1S/C9H16N2O2/c10-9(12)8-6-11(3-4-13-8)5-7-1-2-7/h7-8H,1-6H2,(H2,10,12). The summed E-state index contributed by atoms with van der Waals surface area (Å²) in [7, 11) is 0. The van der Waals surface area contributed by atoms with Crippen LogP contribution in [0.3, 0.4) is 0 Å². The summed E-state index contributed by atoms with van der Waals surface area (Å²) in [6.45, 7) is 3.39. The van der Waals surface area contributed by atoms with Crippen LogP contribution in [-0.4, -0.2) is 43.2 Å². The highest BCUT2D eigenvalue weighted by Gasteiger charge is 2.29. The monoisotopic (exact) mass is 184 g/mol. The predicted octanol–water partition coefficient (Wildman–Crippen LogP) is -0.418. The van der Waals surface area contributed by atoms with Crippen LogP contribution < -0.4 is 5.73 Å². The van der Waals surface area contributed by atoms with Crippen molar-refractivity contribution in [2.24, 2.45) is 11.7 Å². The lowest BCUT2D eigenvalue weighted by atomic mass is 10.2. The van der Waals surface area contributed by atoms with Gasteiger partial charge in [-0.25, -0.2) is 0 Å². The van der Waals surface area contributed by atoms with Crippen LogP contribution >= 0.6 is 0 Å². The second kappa shape index (κ2) is 3.64. The number of carbonyl (C=O) groups is 1. The van der Waals surface area contributed by atoms with Gasteiger partial charge >= 0.3 is 0 Å². The van der Waals surface area contributed by atoms with E-state index in [0.29, 0.717) is 13.2 Å². The molecule has 2 rings (SSSR count). The molecule has 0 spiro atoms. The molecule has 0 bridgehead atoms. The van der Waals surface area contributed by atoms with Gasteiger partial charge in [-0.3, -0.25) is 9.69 Å². The highest BCUT2D eigenvalue weighted by atomic mass is 16.5. The van der Waals surface area contributed by atoms with Gasteiger partial charge in [-0.05, 0) is 18.8 Å². The summed E-state index contributed by atoms with van der Waals surface area (Å²) >= 11 is 0. The minimum absolute atomic E-state index is 0.333. The number of morpholine rings is 1. The third-order valence-electron chi connectivity index (χ3n) is 2.68. The number of hydrogen-bond acceptors (Lipinski definition) is 3. The second-order valence-electron chi connectivity index (χ2n) is 3.96. The Morgan fingerprint density at radius 2 is 2.31 bits per heavy atom. The van der Waals surface area contributed by atoms with Crippen LogP contribution in [-0.2, 0) is 9.53 Å². The summed E-state index contributed by atoms with van der Waals surface area (Å²) in [5, 5.41) is 0. The first-order chi connectivity index (χ1) is 6.25. The molecule has 1 amide bonds. The Balaban J connectivity index is 1.80. The molecule has 1 saturated carbocycles. The largest absolute Gasteiger partial charge is 0.367 e. The van der Waals surface area contributed by atoms with Crippen molar-refractivity contribution in [1.29, 1.82) is 0 Å². The molecule has 1 unspecified atom stereocenters. The average Bonchev–Trinajstić information content (AvgIpc) is 2.89. The smallest absolute Gasteiger partial charge is 0.247 e. The highest BCUT2D eigenvalue weighted by Crippen LogP contribution is 2.30. The van der Waals surface area contributed by atoms with Gasteiger partial charge in [0.25, 0.3) is 0 Å². The molecule has 0 radical (unpaired) electrons. The summed E-state index contributed by atoms with van der Waals surface area (Å²) in [6.07, 6.45) is 2.31. The van der Waals surface area contributed by atoms with Crippen LogP contribution in [0.5, 0.6) is 0 Å². The van der Waals surface area contributed by atoms with E-state index in [4.69, 9.17) is 10.5 Å². The highest BCUT2D eigenvalue weighted by molar-refractivity contribution is 5.79. The Bertz CT molecular complexity index is 204. The Labute approximate surface area is 78.0 Å².